The molecular weight excluding hydrogens is 396 g/mol. The van der Waals surface area contributed by atoms with Crippen molar-refractivity contribution in [1.82, 2.24) is 9.80 Å². The third-order valence-corrected chi connectivity index (χ3v) is 7.38. The highest BCUT2D eigenvalue weighted by Crippen LogP contribution is 2.51. The highest BCUT2D eigenvalue weighted by atomic mass is 16.5. The number of hydrogen-bond acceptors (Lipinski definition) is 5. The van der Waals surface area contributed by atoms with Crippen LogP contribution in [0.25, 0.3) is 0 Å². The third-order valence-electron chi connectivity index (χ3n) is 7.38. The van der Waals surface area contributed by atoms with Gasteiger partial charge < -0.3 is 15.4 Å². The maximum absolute atomic E-state index is 13.2. The second-order valence-electron chi connectivity index (χ2n) is 9.08. The maximum Gasteiger partial charge on any atom is 0.332 e. The first-order valence-corrected chi connectivity index (χ1v) is 11.2. The van der Waals surface area contributed by atoms with Crippen molar-refractivity contribution in [3.63, 3.8) is 0 Å². The van der Waals surface area contributed by atoms with Gasteiger partial charge in [-0.25, -0.2) is 9.69 Å². The highest BCUT2D eigenvalue weighted by Gasteiger charge is 2.62. The molecule has 1 aromatic carbocycles. The molecule has 2 N–H and O–H groups in total. The van der Waals surface area contributed by atoms with Crippen LogP contribution in [0.3, 0.4) is 0 Å². The van der Waals surface area contributed by atoms with Gasteiger partial charge in [0.1, 0.15) is 0 Å². The minimum Gasteiger partial charge on any atom is -0.379 e. The quantitative estimate of drug-likeness (QED) is 0.550. The minimum atomic E-state index is -1.65. The van der Waals surface area contributed by atoms with E-state index in [0.29, 0.717) is 25.1 Å². The normalized spacial score (nSPS) is 28.0. The topological polar surface area (TPSA) is 96.2 Å². The van der Waals surface area contributed by atoms with Crippen molar-refractivity contribution in [3.8, 4) is 0 Å². The van der Waals surface area contributed by atoms with Gasteiger partial charge in [0.05, 0.1) is 18.9 Å². The summed E-state index contributed by atoms with van der Waals surface area (Å²) in [5, 5.41) is 0. The zero-order valence-corrected chi connectivity index (χ0v) is 17.7. The molecule has 0 unspecified atom stereocenters. The monoisotopic (exact) mass is 425 g/mol. The first-order chi connectivity index (χ1) is 15.0. The molecule has 8 nitrogen and oxygen atoms in total. The number of imide groups is 1. The van der Waals surface area contributed by atoms with Crippen LogP contribution in [0, 0.1) is 6.42 Å². The van der Waals surface area contributed by atoms with E-state index in [0.717, 1.165) is 57.0 Å². The number of urea groups is 1. The molecule has 1 aliphatic carbocycles. The zero-order valence-electron chi connectivity index (χ0n) is 17.7. The predicted molar refractivity (Wildman–Crippen MR) is 114 cm³/mol. The molecule has 31 heavy (non-hydrogen) atoms. The van der Waals surface area contributed by atoms with Gasteiger partial charge in [0, 0.05) is 26.1 Å². The summed E-state index contributed by atoms with van der Waals surface area (Å²) < 4.78 is 5.43. The highest BCUT2D eigenvalue weighted by molar-refractivity contribution is 6.31. The summed E-state index contributed by atoms with van der Waals surface area (Å²) in [4.78, 5) is 43.3. The molecule has 1 atom stereocenters. The third kappa shape index (κ3) is 3.24. The van der Waals surface area contributed by atoms with Crippen LogP contribution >= 0.6 is 0 Å². The SMILES string of the molecule is NC(=O)[C@]12[CH]CCCN1C(=O)N(c1ccc(C3(CCN4CCOCC4)CC3)cc1)C2=O. The molecule has 0 aromatic heterocycles. The molecule has 8 heteroatoms. The molecule has 5 rings (SSSR count). The Morgan fingerprint density at radius 3 is 2.39 bits per heavy atom. The van der Waals surface area contributed by atoms with Gasteiger partial charge >= 0.3 is 6.03 Å². The van der Waals surface area contributed by atoms with E-state index in [4.69, 9.17) is 10.5 Å². The Hall–Kier alpha value is -2.45. The summed E-state index contributed by atoms with van der Waals surface area (Å²) in [7, 11) is 0. The average Bonchev–Trinajstić information content (AvgIpc) is 3.55. The van der Waals surface area contributed by atoms with Gasteiger partial charge in [0.2, 0.25) is 5.54 Å². The molecule has 4 amide bonds. The maximum atomic E-state index is 13.2. The van der Waals surface area contributed by atoms with Gasteiger partial charge in [-0.3, -0.25) is 14.5 Å². The van der Waals surface area contributed by atoms with Gasteiger partial charge in [0.15, 0.2) is 0 Å². The first-order valence-electron chi connectivity index (χ1n) is 11.2. The van der Waals surface area contributed by atoms with Gasteiger partial charge in [-0.1, -0.05) is 12.1 Å². The zero-order chi connectivity index (χ0) is 21.6. The number of fused-ring (bicyclic) bond motifs is 1. The van der Waals surface area contributed by atoms with Crippen molar-refractivity contribution in [2.75, 3.05) is 44.3 Å². The molecule has 1 saturated carbocycles. The number of benzene rings is 1. The molecular formula is C23H29N4O4. The van der Waals surface area contributed by atoms with Crippen molar-refractivity contribution >= 4 is 23.5 Å². The number of amides is 4. The number of nitrogens with two attached hydrogens (primary N) is 1. The van der Waals surface area contributed by atoms with Crippen LogP contribution in [-0.4, -0.2) is 72.6 Å². The van der Waals surface area contributed by atoms with Crippen LogP contribution in [0.15, 0.2) is 24.3 Å². The van der Waals surface area contributed by atoms with E-state index in [-0.39, 0.29) is 5.41 Å². The van der Waals surface area contributed by atoms with E-state index >= 15 is 0 Å². The summed E-state index contributed by atoms with van der Waals surface area (Å²) in [5.74, 6) is -1.35. The number of ether oxygens (including phenoxy) is 1. The summed E-state index contributed by atoms with van der Waals surface area (Å²) in [5.41, 5.74) is 5.88. The fraction of sp³-hybridized carbons (Fsp3) is 0.565. The fourth-order valence-electron chi connectivity index (χ4n) is 5.24. The minimum absolute atomic E-state index is 0.190. The second-order valence-corrected chi connectivity index (χ2v) is 9.08. The first kappa shape index (κ1) is 20.5. The fourth-order valence-corrected chi connectivity index (χ4v) is 5.24. The Balaban J connectivity index is 1.33. The number of nitrogens with zero attached hydrogens (tertiary/aromatic N) is 3. The molecule has 1 aromatic rings. The number of hydrogen-bond donors (Lipinski definition) is 1. The Kier molecular flexibility index (Phi) is 5.01. The predicted octanol–water partition coefficient (Wildman–Crippen LogP) is 1.43. The van der Waals surface area contributed by atoms with Crippen LogP contribution < -0.4 is 10.6 Å². The molecule has 3 aliphatic heterocycles. The number of anilines is 1. The number of carbonyl (C=O) groups excluding carboxylic acids is 3. The molecule has 0 spiro atoms. The number of carbonyl (C=O) groups is 3. The van der Waals surface area contributed by atoms with Crippen molar-refractivity contribution in [1.29, 1.82) is 0 Å². The van der Waals surface area contributed by atoms with E-state index in [2.05, 4.69) is 4.90 Å². The van der Waals surface area contributed by atoms with E-state index in [1.165, 1.54) is 10.5 Å². The number of morpholine rings is 1. The van der Waals surface area contributed by atoms with Crippen LogP contribution in [0.4, 0.5) is 10.5 Å². The van der Waals surface area contributed by atoms with Crippen LogP contribution in [0.2, 0.25) is 0 Å². The Morgan fingerprint density at radius 2 is 1.77 bits per heavy atom. The molecule has 0 bridgehead atoms. The van der Waals surface area contributed by atoms with E-state index in [1.807, 2.05) is 24.3 Å². The van der Waals surface area contributed by atoms with Crippen LogP contribution in [0.5, 0.6) is 0 Å². The van der Waals surface area contributed by atoms with Crippen LogP contribution in [0.1, 0.15) is 37.7 Å². The Morgan fingerprint density at radius 1 is 1.06 bits per heavy atom. The van der Waals surface area contributed by atoms with E-state index in [9.17, 15) is 14.4 Å². The molecule has 1 radical (unpaired) electrons. The summed E-state index contributed by atoms with van der Waals surface area (Å²) in [6.07, 6.45) is 6.31. The van der Waals surface area contributed by atoms with Crippen molar-refractivity contribution in [3.05, 3.63) is 36.2 Å². The number of primary amides is 1. The lowest BCUT2D eigenvalue weighted by atomic mass is 9.86. The molecule has 3 saturated heterocycles. The number of rotatable bonds is 6. The average molecular weight is 426 g/mol. The van der Waals surface area contributed by atoms with Crippen molar-refractivity contribution in [2.45, 2.75) is 43.1 Å². The lowest BCUT2D eigenvalue weighted by Crippen LogP contribution is -2.61. The lowest BCUT2D eigenvalue weighted by molar-refractivity contribution is -0.136. The van der Waals surface area contributed by atoms with Gasteiger partial charge in [-0.2, -0.15) is 0 Å². The summed E-state index contributed by atoms with van der Waals surface area (Å²) >= 11 is 0. The molecule has 4 aliphatic rings. The van der Waals surface area contributed by atoms with E-state index < -0.39 is 23.4 Å². The lowest BCUT2D eigenvalue weighted by Gasteiger charge is -2.35. The molecule has 4 fully saturated rings. The van der Waals surface area contributed by atoms with Crippen molar-refractivity contribution in [2.24, 2.45) is 5.73 Å². The number of piperidine rings is 1. The summed E-state index contributed by atoms with van der Waals surface area (Å²) in [6, 6.07) is 7.24. The van der Waals surface area contributed by atoms with Crippen LogP contribution in [-0.2, 0) is 19.7 Å². The van der Waals surface area contributed by atoms with Gasteiger partial charge in [-0.05, 0) is 61.8 Å². The van der Waals surface area contributed by atoms with Gasteiger partial charge in [-0.15, -0.1) is 0 Å². The van der Waals surface area contributed by atoms with Crippen molar-refractivity contribution < 1.29 is 19.1 Å². The second kappa shape index (κ2) is 7.60. The standard InChI is InChI=1S/C23H29N4O4/c24-19(28)23-7-1-2-11-26(23)21(30)27(20(23)29)18-5-3-17(4-6-18)22(8-9-22)10-12-25-13-15-31-16-14-25/h3-7H,1-2,8-16H2,(H2,24,28)/t23-/m0/s1. The molecule has 165 valence electrons. The Bertz CT molecular complexity index is 891. The van der Waals surface area contributed by atoms with Gasteiger partial charge in [0.25, 0.3) is 11.8 Å². The molecule has 3 heterocycles. The summed E-state index contributed by atoms with van der Waals surface area (Å²) in [6.45, 7) is 5.00. The largest absolute Gasteiger partial charge is 0.379 e. The van der Waals surface area contributed by atoms with E-state index in [1.54, 1.807) is 6.42 Å². The smallest absolute Gasteiger partial charge is 0.332 e. The Labute approximate surface area is 182 Å².